The van der Waals surface area contributed by atoms with Crippen LogP contribution in [0.5, 0.6) is 40.2 Å². The topological polar surface area (TPSA) is 52.6 Å². The summed E-state index contributed by atoms with van der Waals surface area (Å²) in [7, 11) is 9.59. The number of nitrogens with zero attached hydrogens (tertiary/aromatic N) is 2. The van der Waals surface area contributed by atoms with Gasteiger partial charge in [0.1, 0.15) is 11.5 Å². The van der Waals surface area contributed by atoms with E-state index in [1.54, 1.807) is 21.3 Å². The lowest BCUT2D eigenvalue weighted by Crippen LogP contribution is -2.34. The Bertz CT molecular complexity index is 2070. The summed E-state index contributed by atoms with van der Waals surface area (Å²) in [5.74, 6) is 5.82. The Hall–Kier alpha value is -4.63. The van der Waals surface area contributed by atoms with E-state index in [1.807, 2.05) is 17.8 Å². The highest BCUT2D eigenvalue weighted by Gasteiger charge is 2.36. The van der Waals surface area contributed by atoms with Gasteiger partial charge in [0.05, 0.1) is 21.3 Å². The fraction of sp³-hybridized carbons (Fsp3) is 0.318. The van der Waals surface area contributed by atoms with E-state index >= 15 is 0 Å². The summed E-state index contributed by atoms with van der Waals surface area (Å²) >= 11 is 1.81. The zero-order valence-corrected chi connectivity index (χ0v) is 31.4. The van der Waals surface area contributed by atoms with Gasteiger partial charge in [0.2, 0.25) is 5.75 Å². The highest BCUT2D eigenvalue weighted by atomic mass is 32.2. The Kier molecular flexibility index (Phi) is 9.79. The van der Waals surface area contributed by atoms with Crippen LogP contribution in [-0.2, 0) is 31.4 Å². The number of hydrogen-bond donors (Lipinski definition) is 0. The van der Waals surface area contributed by atoms with Gasteiger partial charge in [-0.3, -0.25) is 9.80 Å². The minimum absolute atomic E-state index is 0.00467. The summed E-state index contributed by atoms with van der Waals surface area (Å²) in [6, 6.07) is 32.1. The van der Waals surface area contributed by atoms with Crippen molar-refractivity contribution < 1.29 is 23.7 Å². The Morgan fingerprint density at radius 3 is 2.17 bits per heavy atom. The highest BCUT2D eigenvalue weighted by molar-refractivity contribution is 7.98. The number of likely N-dealkylation sites (N-methyl/N-ethyl adjacent to an activating group) is 2. The van der Waals surface area contributed by atoms with Crippen LogP contribution >= 0.6 is 11.8 Å². The van der Waals surface area contributed by atoms with Crippen molar-refractivity contribution in [2.24, 2.45) is 0 Å². The number of thioether (sulfide) groups is 1. The zero-order valence-electron chi connectivity index (χ0n) is 30.6. The van der Waals surface area contributed by atoms with Crippen LogP contribution in [-0.4, -0.2) is 58.3 Å². The molecule has 52 heavy (non-hydrogen) atoms. The van der Waals surface area contributed by atoms with Gasteiger partial charge < -0.3 is 23.7 Å². The minimum atomic E-state index is -0.00467. The zero-order chi connectivity index (χ0) is 35.8. The lowest BCUT2D eigenvalue weighted by molar-refractivity contribution is 0.220. The summed E-state index contributed by atoms with van der Waals surface area (Å²) in [6.45, 7) is 1.90. The van der Waals surface area contributed by atoms with E-state index in [0.717, 1.165) is 84.2 Å². The van der Waals surface area contributed by atoms with Crippen molar-refractivity contribution in [2.45, 2.75) is 48.4 Å². The lowest BCUT2D eigenvalue weighted by Gasteiger charge is -2.38. The third-order valence-corrected chi connectivity index (χ3v) is 12.0. The third kappa shape index (κ3) is 6.60. The maximum absolute atomic E-state index is 7.14. The molecule has 2 atom stereocenters. The second-order valence-electron chi connectivity index (χ2n) is 14.0. The van der Waals surface area contributed by atoms with Crippen molar-refractivity contribution in [3.05, 3.63) is 130 Å². The number of hydrogen-bond acceptors (Lipinski definition) is 8. The molecule has 268 valence electrons. The van der Waals surface area contributed by atoms with Gasteiger partial charge in [-0.15, -0.1) is 11.8 Å². The van der Waals surface area contributed by atoms with Gasteiger partial charge in [-0.25, -0.2) is 0 Å². The van der Waals surface area contributed by atoms with Crippen molar-refractivity contribution >= 4 is 11.8 Å². The van der Waals surface area contributed by atoms with Gasteiger partial charge in [0, 0.05) is 46.9 Å². The maximum Gasteiger partial charge on any atom is 0.204 e. The molecule has 4 aliphatic rings. The molecule has 4 heterocycles. The third-order valence-electron chi connectivity index (χ3n) is 10.9. The first-order valence-corrected chi connectivity index (χ1v) is 19.0. The largest absolute Gasteiger partial charge is 0.493 e. The Labute approximate surface area is 311 Å². The molecule has 0 N–H and O–H groups in total. The monoisotopic (exact) mass is 714 g/mol. The van der Waals surface area contributed by atoms with Crippen LogP contribution in [0.4, 0.5) is 0 Å². The number of methoxy groups -OCH3 is 3. The van der Waals surface area contributed by atoms with Gasteiger partial charge in [0.25, 0.3) is 0 Å². The van der Waals surface area contributed by atoms with Crippen LogP contribution in [0, 0.1) is 0 Å². The molecule has 0 aliphatic carbocycles. The summed E-state index contributed by atoms with van der Waals surface area (Å²) in [4.78, 5) is 6.11. The molecule has 7 nitrogen and oxygen atoms in total. The Balaban J connectivity index is 1.33. The fourth-order valence-electron chi connectivity index (χ4n) is 8.13. The van der Waals surface area contributed by atoms with E-state index in [4.69, 9.17) is 23.7 Å². The van der Waals surface area contributed by atoms with Crippen LogP contribution in [0.3, 0.4) is 0 Å². The van der Waals surface area contributed by atoms with Crippen molar-refractivity contribution in [2.75, 3.05) is 48.5 Å². The molecule has 0 unspecified atom stereocenters. The fourth-order valence-corrected chi connectivity index (χ4v) is 9.10. The van der Waals surface area contributed by atoms with Gasteiger partial charge in [-0.05, 0) is 116 Å². The quantitative estimate of drug-likeness (QED) is 0.161. The standard InChI is InChI=1S/C44H46N2O5S/c1-45-21-19-30-14-17-32-26-35(30)37(45)23-28-11-15-31(16-12-28)50-40-25-29(13-18-39(40)47-3)24-38-41-34(20-22-46(38)2)36(27-52-33-9-7-6-8-10-33)42(48-4)44(49-5)43(41)51-32/h6-18,25-26,37-38H,19-24,27H2,1-5H3/t37-,38-/m0/s1. The molecule has 5 aromatic carbocycles. The van der Waals surface area contributed by atoms with Crippen molar-refractivity contribution in [1.82, 2.24) is 9.80 Å². The maximum atomic E-state index is 7.14. The molecule has 6 bridgehead atoms. The molecular weight excluding hydrogens is 669 g/mol. The molecule has 4 aliphatic heterocycles. The minimum Gasteiger partial charge on any atom is -0.493 e. The summed E-state index contributed by atoms with van der Waals surface area (Å²) in [6.07, 6.45) is 3.48. The first-order chi connectivity index (χ1) is 25.4. The average Bonchev–Trinajstić information content (AvgIpc) is 3.17. The van der Waals surface area contributed by atoms with E-state index < -0.39 is 0 Å². The molecule has 8 heteroatoms. The first kappa shape index (κ1) is 34.5. The van der Waals surface area contributed by atoms with E-state index in [9.17, 15) is 0 Å². The average molecular weight is 715 g/mol. The predicted octanol–water partition coefficient (Wildman–Crippen LogP) is 9.45. The van der Waals surface area contributed by atoms with Crippen molar-refractivity contribution in [3.63, 3.8) is 0 Å². The molecule has 0 saturated carbocycles. The molecule has 0 aromatic heterocycles. The molecular formula is C44H46N2O5S. The molecule has 0 radical (unpaired) electrons. The van der Waals surface area contributed by atoms with Crippen LogP contribution < -0.4 is 23.7 Å². The molecule has 5 aromatic rings. The second-order valence-corrected chi connectivity index (χ2v) is 15.0. The molecule has 9 rings (SSSR count). The summed E-state index contributed by atoms with van der Waals surface area (Å²) in [5.41, 5.74) is 8.64. The number of fused-ring (bicyclic) bond motifs is 2. The highest BCUT2D eigenvalue weighted by Crippen LogP contribution is 2.53. The second kappa shape index (κ2) is 14.8. The predicted molar refractivity (Wildman–Crippen MR) is 207 cm³/mol. The summed E-state index contributed by atoms with van der Waals surface area (Å²) in [5, 5.41) is 0. The Morgan fingerprint density at radius 2 is 1.40 bits per heavy atom. The van der Waals surface area contributed by atoms with Crippen LogP contribution in [0.15, 0.2) is 95.9 Å². The lowest BCUT2D eigenvalue weighted by atomic mass is 9.84. The smallest absolute Gasteiger partial charge is 0.204 e. The van der Waals surface area contributed by atoms with E-state index in [-0.39, 0.29) is 12.1 Å². The van der Waals surface area contributed by atoms with Crippen LogP contribution in [0.1, 0.15) is 51.0 Å². The SMILES string of the molecule is COc1ccc2cc1Oc1ccc(cc1)C[C@H]1c3cc(ccc3CCN1C)Oc1c(OC)c(OC)c(CSc3ccccc3)c3c1[C@H](C2)N(C)CC3. The van der Waals surface area contributed by atoms with Gasteiger partial charge in [-0.1, -0.05) is 42.5 Å². The van der Waals surface area contributed by atoms with Gasteiger partial charge in [0.15, 0.2) is 23.0 Å². The van der Waals surface area contributed by atoms with Crippen molar-refractivity contribution in [1.29, 1.82) is 0 Å². The van der Waals surface area contributed by atoms with E-state index in [1.165, 1.54) is 27.1 Å². The Morgan fingerprint density at radius 1 is 0.692 bits per heavy atom. The van der Waals surface area contributed by atoms with E-state index in [2.05, 4.69) is 109 Å². The first-order valence-electron chi connectivity index (χ1n) is 18.1. The molecule has 0 fully saturated rings. The number of benzene rings is 5. The van der Waals surface area contributed by atoms with Crippen molar-refractivity contribution in [3.8, 4) is 40.2 Å². The molecule has 0 saturated heterocycles. The van der Waals surface area contributed by atoms with E-state index in [0.29, 0.717) is 17.2 Å². The van der Waals surface area contributed by atoms with Crippen LogP contribution in [0.2, 0.25) is 0 Å². The molecule has 0 spiro atoms. The number of rotatable bonds is 6. The number of ether oxygens (including phenoxy) is 5. The van der Waals surface area contributed by atoms with Gasteiger partial charge in [-0.2, -0.15) is 0 Å². The normalized spacial score (nSPS) is 18.3. The summed E-state index contributed by atoms with van der Waals surface area (Å²) < 4.78 is 32.0. The molecule has 0 amide bonds. The van der Waals surface area contributed by atoms with Crippen LogP contribution in [0.25, 0.3) is 0 Å². The van der Waals surface area contributed by atoms with Gasteiger partial charge >= 0.3 is 0 Å².